The van der Waals surface area contributed by atoms with E-state index < -0.39 is 0 Å². The highest BCUT2D eigenvalue weighted by Gasteiger charge is 2.12. The minimum atomic E-state index is -0.243. The molecule has 7 heteroatoms. The first-order chi connectivity index (χ1) is 15.4. The van der Waals surface area contributed by atoms with Crippen molar-refractivity contribution in [2.45, 2.75) is 26.8 Å². The van der Waals surface area contributed by atoms with E-state index in [1.165, 1.54) is 6.07 Å². The number of pyridine rings is 3. The fraction of sp³-hybridized carbons (Fsp3) is 0.160. The first-order valence-corrected chi connectivity index (χ1v) is 10.2. The first kappa shape index (κ1) is 20.9. The van der Waals surface area contributed by atoms with E-state index in [2.05, 4.69) is 38.5 Å². The summed E-state index contributed by atoms with van der Waals surface area (Å²) in [7, 11) is 0. The molecule has 3 aromatic heterocycles. The Labute approximate surface area is 186 Å². The SMILES string of the molecule is Cc1cnc2ccc(Cc3cc(C(=O)NCc4c(C#N)cc(N)nc4C)ccn3)cc2c1. The summed E-state index contributed by atoms with van der Waals surface area (Å²) in [5.74, 6) is 0.0413. The number of aryl methyl sites for hydroxylation is 2. The number of nitriles is 1. The molecule has 0 atom stereocenters. The summed E-state index contributed by atoms with van der Waals surface area (Å²) in [6.07, 6.45) is 4.09. The highest BCUT2D eigenvalue weighted by molar-refractivity contribution is 5.94. The van der Waals surface area contributed by atoms with Crippen molar-refractivity contribution in [3.05, 3.63) is 94.1 Å². The predicted octanol–water partition coefficient (Wildman–Crippen LogP) is 3.62. The van der Waals surface area contributed by atoms with Crippen molar-refractivity contribution >= 4 is 22.6 Å². The number of hydrogen-bond donors (Lipinski definition) is 2. The van der Waals surface area contributed by atoms with Crippen molar-refractivity contribution in [1.82, 2.24) is 20.3 Å². The zero-order valence-corrected chi connectivity index (χ0v) is 17.9. The number of carbonyl (C=O) groups excluding carboxylic acids is 1. The molecule has 3 N–H and O–H groups in total. The predicted molar refractivity (Wildman–Crippen MR) is 123 cm³/mol. The molecule has 0 bridgehead atoms. The molecule has 0 spiro atoms. The molecule has 0 aliphatic carbocycles. The molecule has 1 amide bonds. The van der Waals surface area contributed by atoms with Crippen LogP contribution in [0.3, 0.4) is 0 Å². The van der Waals surface area contributed by atoms with Crippen molar-refractivity contribution in [2.75, 3.05) is 5.73 Å². The third kappa shape index (κ3) is 4.55. The van der Waals surface area contributed by atoms with Gasteiger partial charge in [-0.1, -0.05) is 6.07 Å². The van der Waals surface area contributed by atoms with Crippen LogP contribution in [0.15, 0.2) is 54.9 Å². The topological polar surface area (TPSA) is 118 Å². The normalized spacial score (nSPS) is 10.7. The van der Waals surface area contributed by atoms with Gasteiger partial charge in [0.25, 0.3) is 5.91 Å². The second kappa shape index (κ2) is 8.82. The van der Waals surface area contributed by atoms with Crippen molar-refractivity contribution in [1.29, 1.82) is 5.26 Å². The van der Waals surface area contributed by atoms with Gasteiger partial charge in [-0.3, -0.25) is 14.8 Å². The molecule has 1 aromatic carbocycles. The number of aromatic nitrogens is 3. The maximum atomic E-state index is 12.7. The van der Waals surface area contributed by atoms with Gasteiger partial charge in [-0.05, 0) is 61.4 Å². The molecule has 4 rings (SSSR count). The Morgan fingerprint density at radius 3 is 2.78 bits per heavy atom. The lowest BCUT2D eigenvalue weighted by atomic mass is 10.0. The monoisotopic (exact) mass is 422 g/mol. The standard InChI is InChI=1S/C25H22N6O/c1-15-7-19-8-17(3-4-23(19)29-13-15)9-21-10-18(5-6-28-21)25(32)30-14-22-16(2)31-24(27)11-20(22)12-26/h3-8,10-11,13H,9,14H2,1-2H3,(H2,27,31)(H,30,32). The third-order valence-corrected chi connectivity index (χ3v) is 5.24. The Hall–Kier alpha value is -4.31. The molecule has 0 saturated heterocycles. The Kier molecular flexibility index (Phi) is 5.77. The smallest absolute Gasteiger partial charge is 0.251 e. The van der Waals surface area contributed by atoms with Crippen LogP contribution in [0.2, 0.25) is 0 Å². The molecule has 0 unspecified atom stereocenters. The van der Waals surface area contributed by atoms with Crippen LogP contribution in [0.5, 0.6) is 0 Å². The van der Waals surface area contributed by atoms with E-state index in [0.717, 1.165) is 27.7 Å². The van der Waals surface area contributed by atoms with Gasteiger partial charge >= 0.3 is 0 Å². The molecule has 7 nitrogen and oxygen atoms in total. The molecular formula is C25H22N6O. The second-order valence-corrected chi connectivity index (χ2v) is 7.71. The Morgan fingerprint density at radius 1 is 1.12 bits per heavy atom. The average Bonchev–Trinajstić information content (AvgIpc) is 2.77. The Morgan fingerprint density at radius 2 is 1.97 bits per heavy atom. The zero-order valence-electron chi connectivity index (χ0n) is 17.9. The maximum absolute atomic E-state index is 12.7. The van der Waals surface area contributed by atoms with Gasteiger partial charge in [0.05, 0.1) is 17.1 Å². The molecule has 0 aliphatic heterocycles. The number of fused-ring (bicyclic) bond motifs is 1. The van der Waals surface area contributed by atoms with Crippen LogP contribution in [0, 0.1) is 25.2 Å². The minimum Gasteiger partial charge on any atom is -0.384 e. The largest absolute Gasteiger partial charge is 0.384 e. The van der Waals surface area contributed by atoms with Crippen molar-refractivity contribution in [3.63, 3.8) is 0 Å². The van der Waals surface area contributed by atoms with Crippen molar-refractivity contribution in [2.24, 2.45) is 0 Å². The summed E-state index contributed by atoms with van der Waals surface area (Å²) in [4.78, 5) is 25.8. The molecular weight excluding hydrogens is 400 g/mol. The first-order valence-electron chi connectivity index (χ1n) is 10.2. The third-order valence-electron chi connectivity index (χ3n) is 5.24. The van der Waals surface area contributed by atoms with Gasteiger partial charge in [0, 0.05) is 53.3 Å². The number of amides is 1. The van der Waals surface area contributed by atoms with Crippen LogP contribution in [0.25, 0.3) is 10.9 Å². The summed E-state index contributed by atoms with van der Waals surface area (Å²) in [5.41, 5.74) is 11.8. The number of nitrogens with two attached hydrogens (primary N) is 1. The molecule has 0 saturated carbocycles. The molecule has 0 aliphatic rings. The van der Waals surface area contributed by atoms with Crippen molar-refractivity contribution < 1.29 is 4.79 Å². The van der Waals surface area contributed by atoms with E-state index in [1.54, 1.807) is 25.3 Å². The fourth-order valence-corrected chi connectivity index (χ4v) is 3.64. The van der Waals surface area contributed by atoms with Gasteiger partial charge in [0.2, 0.25) is 0 Å². The lowest BCUT2D eigenvalue weighted by Gasteiger charge is -2.11. The number of nitrogen functional groups attached to an aromatic ring is 1. The van der Waals surface area contributed by atoms with Gasteiger partial charge in [-0.15, -0.1) is 0 Å². The van der Waals surface area contributed by atoms with Gasteiger partial charge < -0.3 is 11.1 Å². The quantitative estimate of drug-likeness (QED) is 0.507. The lowest BCUT2D eigenvalue weighted by Crippen LogP contribution is -2.24. The summed E-state index contributed by atoms with van der Waals surface area (Å²) in [5, 5.41) is 13.3. The highest BCUT2D eigenvalue weighted by Crippen LogP contribution is 2.18. The van der Waals surface area contributed by atoms with Gasteiger partial charge in [-0.2, -0.15) is 5.26 Å². The van der Waals surface area contributed by atoms with E-state index in [4.69, 9.17) is 5.73 Å². The fourth-order valence-electron chi connectivity index (χ4n) is 3.64. The molecule has 0 fully saturated rings. The van der Waals surface area contributed by atoms with Crippen LogP contribution in [-0.4, -0.2) is 20.9 Å². The summed E-state index contributed by atoms with van der Waals surface area (Å²) in [6, 6.07) is 15.3. The van der Waals surface area contributed by atoms with Crippen LogP contribution < -0.4 is 11.1 Å². The number of nitrogens with zero attached hydrogens (tertiary/aromatic N) is 4. The van der Waals surface area contributed by atoms with Crippen LogP contribution >= 0.6 is 0 Å². The van der Waals surface area contributed by atoms with E-state index in [9.17, 15) is 10.1 Å². The van der Waals surface area contributed by atoms with E-state index in [1.807, 2.05) is 25.3 Å². The second-order valence-electron chi connectivity index (χ2n) is 7.71. The number of hydrogen-bond acceptors (Lipinski definition) is 6. The Balaban J connectivity index is 1.50. The lowest BCUT2D eigenvalue weighted by molar-refractivity contribution is 0.0950. The number of rotatable bonds is 5. The highest BCUT2D eigenvalue weighted by atomic mass is 16.1. The number of anilines is 1. The maximum Gasteiger partial charge on any atom is 0.251 e. The van der Waals surface area contributed by atoms with Gasteiger partial charge in [-0.25, -0.2) is 4.98 Å². The van der Waals surface area contributed by atoms with Crippen molar-refractivity contribution in [3.8, 4) is 6.07 Å². The van der Waals surface area contributed by atoms with Crippen LogP contribution in [0.4, 0.5) is 5.82 Å². The molecule has 3 heterocycles. The molecule has 32 heavy (non-hydrogen) atoms. The van der Waals surface area contributed by atoms with E-state index >= 15 is 0 Å². The van der Waals surface area contributed by atoms with Crippen LogP contribution in [-0.2, 0) is 13.0 Å². The van der Waals surface area contributed by atoms with E-state index in [-0.39, 0.29) is 18.3 Å². The number of carbonyl (C=O) groups is 1. The van der Waals surface area contributed by atoms with E-state index in [0.29, 0.717) is 28.8 Å². The zero-order chi connectivity index (χ0) is 22.7. The molecule has 4 aromatic rings. The average molecular weight is 422 g/mol. The van der Waals surface area contributed by atoms with Gasteiger partial charge in [0.1, 0.15) is 5.82 Å². The van der Waals surface area contributed by atoms with Gasteiger partial charge in [0.15, 0.2) is 0 Å². The number of nitrogens with one attached hydrogen (secondary N) is 1. The summed E-state index contributed by atoms with van der Waals surface area (Å²) in [6.45, 7) is 3.98. The molecule has 0 radical (unpaired) electrons. The Bertz CT molecular complexity index is 1370. The number of benzene rings is 1. The molecule has 158 valence electrons. The summed E-state index contributed by atoms with van der Waals surface area (Å²) < 4.78 is 0. The summed E-state index contributed by atoms with van der Waals surface area (Å²) >= 11 is 0. The minimum absolute atomic E-state index is 0.190. The van der Waals surface area contributed by atoms with Crippen LogP contribution in [0.1, 0.15) is 44.0 Å².